The zero-order valence-corrected chi connectivity index (χ0v) is 12.0. The van der Waals surface area contributed by atoms with Crippen LogP contribution < -0.4 is 15.5 Å². The van der Waals surface area contributed by atoms with E-state index in [9.17, 15) is 13.6 Å². The summed E-state index contributed by atoms with van der Waals surface area (Å²) in [6.45, 7) is 2.43. The van der Waals surface area contributed by atoms with E-state index >= 15 is 0 Å². The number of pyridine rings is 1. The Labute approximate surface area is 126 Å². The van der Waals surface area contributed by atoms with E-state index in [0.29, 0.717) is 18.9 Å². The van der Waals surface area contributed by atoms with Crippen molar-refractivity contribution >= 4 is 17.4 Å². The van der Waals surface area contributed by atoms with E-state index in [1.807, 2.05) is 0 Å². The van der Waals surface area contributed by atoms with E-state index < -0.39 is 30.8 Å². The van der Waals surface area contributed by atoms with Gasteiger partial charge in [-0.15, -0.1) is 0 Å². The average molecular weight is 312 g/mol. The molecule has 0 aromatic carbocycles. The van der Waals surface area contributed by atoms with Gasteiger partial charge >= 0.3 is 0 Å². The van der Waals surface area contributed by atoms with Crippen molar-refractivity contribution in [2.75, 3.05) is 43.1 Å². The van der Waals surface area contributed by atoms with Gasteiger partial charge in [-0.3, -0.25) is 10.1 Å². The molecule has 3 rings (SSSR count). The molecule has 2 aliphatic heterocycles. The van der Waals surface area contributed by atoms with Crippen LogP contribution >= 0.6 is 0 Å². The van der Waals surface area contributed by atoms with Crippen LogP contribution in [0, 0.1) is 0 Å². The van der Waals surface area contributed by atoms with Crippen molar-refractivity contribution in [2.24, 2.45) is 0 Å². The number of hydrogen-bond acceptors (Lipinski definition) is 5. The molecule has 0 spiro atoms. The van der Waals surface area contributed by atoms with Gasteiger partial charge < -0.3 is 15.0 Å². The number of morpholine rings is 1. The van der Waals surface area contributed by atoms with Gasteiger partial charge in [-0.1, -0.05) is 0 Å². The second-order valence-electron chi connectivity index (χ2n) is 5.49. The summed E-state index contributed by atoms with van der Waals surface area (Å²) in [5, 5.41) is 5.14. The van der Waals surface area contributed by atoms with Crippen LogP contribution in [0.4, 0.5) is 20.3 Å². The van der Waals surface area contributed by atoms with Gasteiger partial charge in [0.25, 0.3) is 5.92 Å². The summed E-state index contributed by atoms with van der Waals surface area (Å²) in [5.41, 5.74) is 0.499. The maximum atomic E-state index is 13.1. The second-order valence-corrected chi connectivity index (χ2v) is 5.49. The van der Waals surface area contributed by atoms with Gasteiger partial charge in [0.1, 0.15) is 5.82 Å². The third kappa shape index (κ3) is 3.50. The Morgan fingerprint density at radius 1 is 1.41 bits per heavy atom. The summed E-state index contributed by atoms with van der Waals surface area (Å²) < 4.78 is 31.4. The van der Waals surface area contributed by atoms with Gasteiger partial charge in [-0.05, 0) is 12.1 Å². The number of hydrogen-bond donors (Lipinski definition) is 2. The number of nitrogens with one attached hydrogen (secondary N) is 2. The van der Waals surface area contributed by atoms with E-state index in [2.05, 4.69) is 20.5 Å². The molecule has 0 saturated carbocycles. The third-order valence-corrected chi connectivity index (χ3v) is 3.78. The normalized spacial score (nSPS) is 24.3. The highest BCUT2D eigenvalue weighted by Crippen LogP contribution is 2.25. The molecule has 2 N–H and O–H groups in total. The molecule has 1 atom stereocenters. The summed E-state index contributed by atoms with van der Waals surface area (Å²) in [6.07, 6.45) is 1.06. The first kappa shape index (κ1) is 15.1. The van der Waals surface area contributed by atoms with E-state index in [0.717, 1.165) is 18.9 Å². The Balaban J connectivity index is 1.58. The van der Waals surface area contributed by atoms with E-state index in [1.54, 1.807) is 12.1 Å². The largest absolute Gasteiger partial charge is 0.378 e. The fourth-order valence-corrected chi connectivity index (χ4v) is 2.57. The zero-order chi connectivity index (χ0) is 15.6. The number of nitrogens with zero attached hydrogens (tertiary/aromatic N) is 2. The molecule has 120 valence electrons. The van der Waals surface area contributed by atoms with Gasteiger partial charge in [0.2, 0.25) is 5.91 Å². The van der Waals surface area contributed by atoms with Crippen LogP contribution in [0.25, 0.3) is 0 Å². The van der Waals surface area contributed by atoms with Crippen molar-refractivity contribution in [3.05, 3.63) is 18.3 Å². The molecule has 2 aliphatic rings. The Hall–Kier alpha value is -1.80. The molecule has 2 saturated heterocycles. The van der Waals surface area contributed by atoms with Gasteiger partial charge in [0.15, 0.2) is 0 Å². The molecule has 1 amide bonds. The summed E-state index contributed by atoms with van der Waals surface area (Å²) in [6, 6.07) is 2.66. The predicted molar refractivity (Wildman–Crippen MR) is 77.3 cm³/mol. The smallest absolute Gasteiger partial charge is 0.262 e. The first-order valence-corrected chi connectivity index (χ1v) is 7.24. The van der Waals surface area contributed by atoms with Crippen LogP contribution in [-0.4, -0.2) is 55.7 Å². The number of halogens is 2. The van der Waals surface area contributed by atoms with Crippen molar-refractivity contribution < 1.29 is 18.3 Å². The number of anilines is 2. The molecule has 0 radical (unpaired) electrons. The maximum absolute atomic E-state index is 13.1. The minimum Gasteiger partial charge on any atom is -0.378 e. The highest BCUT2D eigenvalue weighted by Gasteiger charge is 2.42. The van der Waals surface area contributed by atoms with Gasteiger partial charge in [-0.25, -0.2) is 13.8 Å². The Morgan fingerprint density at radius 2 is 2.18 bits per heavy atom. The van der Waals surface area contributed by atoms with Crippen molar-refractivity contribution in [1.29, 1.82) is 0 Å². The molecule has 1 unspecified atom stereocenters. The Morgan fingerprint density at radius 3 is 2.77 bits per heavy atom. The average Bonchev–Trinajstić information content (AvgIpc) is 2.89. The number of carbonyl (C=O) groups is 1. The Kier molecular flexibility index (Phi) is 4.21. The maximum Gasteiger partial charge on any atom is 0.262 e. The van der Waals surface area contributed by atoms with Crippen LogP contribution in [0.2, 0.25) is 0 Å². The summed E-state index contributed by atoms with van der Waals surface area (Å²) >= 11 is 0. The minimum atomic E-state index is -2.82. The summed E-state index contributed by atoms with van der Waals surface area (Å²) in [4.78, 5) is 18.3. The first-order valence-electron chi connectivity index (χ1n) is 7.24. The number of alkyl halides is 2. The molecular formula is C14H18F2N4O2. The molecule has 6 nitrogen and oxygen atoms in total. The highest BCUT2D eigenvalue weighted by atomic mass is 19.3. The van der Waals surface area contributed by atoms with E-state index in [4.69, 9.17) is 4.74 Å². The molecule has 8 heteroatoms. The quantitative estimate of drug-likeness (QED) is 0.866. The Bertz CT molecular complexity index is 532. The standard InChI is InChI=1S/C14H18F2N4O2/c15-14(16)7-11(18-9-14)13(21)19-10-1-2-12(17-8-10)20-3-5-22-6-4-20/h1-2,8,11,18H,3-7,9H2,(H,19,21). The number of amides is 1. The van der Waals surface area contributed by atoms with Gasteiger partial charge in [0.05, 0.1) is 37.7 Å². The van der Waals surface area contributed by atoms with E-state index in [-0.39, 0.29) is 0 Å². The lowest BCUT2D eigenvalue weighted by atomic mass is 10.2. The molecular weight excluding hydrogens is 294 g/mol. The monoisotopic (exact) mass is 312 g/mol. The molecule has 22 heavy (non-hydrogen) atoms. The summed E-state index contributed by atoms with van der Waals surface area (Å²) in [5.74, 6) is -2.47. The molecule has 1 aromatic rings. The fourth-order valence-electron chi connectivity index (χ4n) is 2.57. The van der Waals surface area contributed by atoms with Crippen LogP contribution in [0.3, 0.4) is 0 Å². The van der Waals surface area contributed by atoms with Crippen LogP contribution in [0.15, 0.2) is 18.3 Å². The zero-order valence-electron chi connectivity index (χ0n) is 12.0. The lowest BCUT2D eigenvalue weighted by Crippen LogP contribution is -2.37. The topological polar surface area (TPSA) is 66.5 Å². The molecule has 0 aliphatic carbocycles. The molecule has 3 heterocycles. The van der Waals surface area contributed by atoms with Crippen molar-refractivity contribution in [3.8, 4) is 0 Å². The third-order valence-electron chi connectivity index (χ3n) is 3.78. The lowest BCUT2D eigenvalue weighted by molar-refractivity contribution is -0.118. The molecule has 2 fully saturated rings. The van der Waals surface area contributed by atoms with Crippen LogP contribution in [-0.2, 0) is 9.53 Å². The van der Waals surface area contributed by atoms with E-state index in [1.165, 1.54) is 6.20 Å². The number of carbonyl (C=O) groups excluding carboxylic acids is 1. The van der Waals surface area contributed by atoms with Crippen molar-refractivity contribution in [3.63, 3.8) is 0 Å². The van der Waals surface area contributed by atoms with Crippen molar-refractivity contribution in [2.45, 2.75) is 18.4 Å². The molecule has 1 aromatic heterocycles. The summed E-state index contributed by atoms with van der Waals surface area (Å²) in [7, 11) is 0. The van der Waals surface area contributed by atoms with Gasteiger partial charge in [0, 0.05) is 19.5 Å². The fraction of sp³-hybridized carbons (Fsp3) is 0.571. The van der Waals surface area contributed by atoms with Gasteiger partial charge in [-0.2, -0.15) is 0 Å². The number of rotatable bonds is 3. The lowest BCUT2D eigenvalue weighted by Gasteiger charge is -2.27. The minimum absolute atomic E-state index is 0.459. The molecule has 0 bridgehead atoms. The number of ether oxygens (including phenoxy) is 1. The van der Waals surface area contributed by atoms with Crippen LogP contribution in [0.5, 0.6) is 0 Å². The SMILES string of the molecule is O=C(Nc1ccc(N2CCOCC2)nc1)C1CC(F)(F)CN1. The van der Waals surface area contributed by atoms with Crippen LogP contribution in [0.1, 0.15) is 6.42 Å². The van der Waals surface area contributed by atoms with Crippen molar-refractivity contribution in [1.82, 2.24) is 10.3 Å². The highest BCUT2D eigenvalue weighted by molar-refractivity contribution is 5.95. The second kappa shape index (κ2) is 6.13. The number of aromatic nitrogens is 1. The predicted octanol–water partition coefficient (Wildman–Crippen LogP) is 0.854. The first-order chi connectivity index (χ1) is 10.5.